The summed E-state index contributed by atoms with van der Waals surface area (Å²) in [6.45, 7) is 0. The van der Waals surface area contributed by atoms with Gasteiger partial charge in [-0.3, -0.25) is 9.11 Å². The van der Waals surface area contributed by atoms with Crippen LogP contribution in [0.3, 0.4) is 0 Å². The lowest BCUT2D eigenvalue weighted by Crippen LogP contribution is -2.16. The summed E-state index contributed by atoms with van der Waals surface area (Å²) in [5.74, 6) is 0. The molecule has 30 heavy (non-hydrogen) atoms. The van der Waals surface area contributed by atoms with E-state index in [0.29, 0.717) is 5.56 Å². The number of rotatable bonds is 5. The van der Waals surface area contributed by atoms with Crippen LogP contribution in [0.2, 0.25) is 0 Å². The van der Waals surface area contributed by atoms with Crippen LogP contribution in [0.5, 0.6) is 0 Å². The van der Waals surface area contributed by atoms with Crippen LogP contribution in [-0.4, -0.2) is 41.4 Å². The van der Waals surface area contributed by atoms with E-state index >= 15 is 0 Å². The van der Waals surface area contributed by atoms with Crippen molar-refractivity contribution < 1.29 is 25.9 Å². The van der Waals surface area contributed by atoms with Crippen LogP contribution < -0.4 is 11.5 Å². The molecular weight excluding hydrogens is 434 g/mol. The summed E-state index contributed by atoms with van der Waals surface area (Å²) < 4.78 is 67.6. The van der Waals surface area contributed by atoms with E-state index in [2.05, 4.69) is 15.4 Å². The number of hydrogen-bond acceptors (Lipinski definition) is 9. The van der Waals surface area contributed by atoms with Crippen LogP contribution in [0.25, 0.3) is 23.4 Å². The molecule has 1 heterocycles. The molecule has 0 aliphatic heterocycles. The van der Waals surface area contributed by atoms with Crippen LogP contribution in [-0.2, 0) is 20.2 Å². The molecule has 0 spiro atoms. The normalized spacial score (nSPS) is 12.3. The van der Waals surface area contributed by atoms with Crippen LogP contribution in [0.4, 0.5) is 11.4 Å². The molecular formula is C17H15N5O6S2. The zero-order chi connectivity index (χ0) is 22.1. The van der Waals surface area contributed by atoms with Gasteiger partial charge in [-0.25, -0.2) is 0 Å². The fourth-order valence-electron chi connectivity index (χ4n) is 2.83. The van der Waals surface area contributed by atoms with Crippen molar-refractivity contribution >= 4 is 43.8 Å². The molecule has 0 atom stereocenters. The predicted octanol–water partition coefficient (Wildman–Crippen LogP) is 1.37. The Hall–Kier alpha value is -3.39. The molecule has 3 rings (SSSR count). The highest BCUT2D eigenvalue weighted by Gasteiger charge is 2.34. The molecule has 0 unspecified atom stereocenters. The van der Waals surface area contributed by atoms with Gasteiger partial charge in [0, 0.05) is 11.1 Å². The maximum absolute atomic E-state index is 12.2. The maximum atomic E-state index is 12.2. The summed E-state index contributed by atoms with van der Waals surface area (Å²) in [6, 6.07) is 9.93. The standard InChI is InChI=1S/C17H15N5O6S2/c18-14-13(12-8-9-20-22-21-12)11(7-6-10-4-2-1-3-5-10)16(29(23,24)25)17(15(14)19)30(26,27)28/h1-9H,18-19H2,(H,23,24,25)(H,26,27,28). The van der Waals surface area contributed by atoms with Crippen molar-refractivity contribution in [1.82, 2.24) is 15.4 Å². The van der Waals surface area contributed by atoms with Gasteiger partial charge in [-0.15, -0.1) is 10.2 Å². The van der Waals surface area contributed by atoms with Crippen molar-refractivity contribution in [2.45, 2.75) is 9.79 Å². The Morgan fingerprint density at radius 3 is 2.00 bits per heavy atom. The number of benzene rings is 2. The van der Waals surface area contributed by atoms with Gasteiger partial charge in [-0.05, 0) is 16.8 Å². The second kappa shape index (κ2) is 7.79. The third-order valence-electron chi connectivity index (χ3n) is 4.04. The molecule has 0 aliphatic carbocycles. The second-order valence-electron chi connectivity index (χ2n) is 5.97. The fourth-order valence-corrected chi connectivity index (χ4v) is 4.98. The molecule has 0 fully saturated rings. The molecule has 0 amide bonds. The highest BCUT2D eigenvalue weighted by molar-refractivity contribution is 7.89. The van der Waals surface area contributed by atoms with Crippen molar-refractivity contribution in [3.05, 3.63) is 53.7 Å². The van der Waals surface area contributed by atoms with Gasteiger partial charge in [0.2, 0.25) is 0 Å². The largest absolute Gasteiger partial charge is 0.396 e. The lowest BCUT2D eigenvalue weighted by atomic mass is 9.99. The number of anilines is 2. The zero-order valence-corrected chi connectivity index (χ0v) is 16.7. The first-order valence-corrected chi connectivity index (χ1v) is 11.0. The maximum Gasteiger partial charge on any atom is 0.298 e. The number of nitrogens with two attached hydrogens (primary N) is 2. The minimum absolute atomic E-state index is 0.00806. The monoisotopic (exact) mass is 449 g/mol. The lowest BCUT2D eigenvalue weighted by molar-refractivity contribution is 0.467. The van der Waals surface area contributed by atoms with Gasteiger partial charge in [-0.1, -0.05) is 42.5 Å². The molecule has 0 bridgehead atoms. The molecule has 1 aromatic heterocycles. The molecule has 0 saturated carbocycles. The van der Waals surface area contributed by atoms with E-state index in [1.165, 1.54) is 24.4 Å². The number of nitrogen functional groups attached to an aromatic ring is 2. The van der Waals surface area contributed by atoms with Crippen molar-refractivity contribution in [3.8, 4) is 11.3 Å². The number of aromatic nitrogens is 3. The van der Waals surface area contributed by atoms with Crippen molar-refractivity contribution in [3.63, 3.8) is 0 Å². The molecule has 0 saturated heterocycles. The number of nitrogens with zero attached hydrogens (tertiary/aromatic N) is 3. The molecule has 0 radical (unpaired) electrons. The first kappa shape index (κ1) is 21.3. The third-order valence-corrected chi connectivity index (χ3v) is 6.05. The van der Waals surface area contributed by atoms with Gasteiger partial charge in [0.25, 0.3) is 20.2 Å². The first-order valence-electron chi connectivity index (χ1n) is 8.09. The summed E-state index contributed by atoms with van der Waals surface area (Å²) >= 11 is 0. The van der Waals surface area contributed by atoms with Crippen molar-refractivity contribution in [1.29, 1.82) is 0 Å². The molecule has 6 N–H and O–H groups in total. The minimum Gasteiger partial charge on any atom is -0.396 e. The van der Waals surface area contributed by atoms with Crippen LogP contribution >= 0.6 is 0 Å². The summed E-state index contributed by atoms with van der Waals surface area (Å²) in [5.41, 5.74) is 10.7. The molecule has 11 nitrogen and oxygen atoms in total. The fraction of sp³-hybridized carbons (Fsp3) is 0. The summed E-state index contributed by atoms with van der Waals surface area (Å²) in [4.78, 5) is -2.38. The Bertz CT molecular complexity index is 1340. The van der Waals surface area contributed by atoms with Gasteiger partial charge in [-0.2, -0.15) is 16.8 Å². The van der Waals surface area contributed by atoms with E-state index in [0.717, 1.165) is 0 Å². The Labute approximate surface area is 171 Å². The summed E-state index contributed by atoms with van der Waals surface area (Å²) in [6.07, 6.45) is 3.90. The van der Waals surface area contributed by atoms with Gasteiger partial charge in [0.15, 0.2) is 0 Å². The highest BCUT2D eigenvalue weighted by Crippen LogP contribution is 2.43. The van der Waals surface area contributed by atoms with E-state index in [1.807, 2.05) is 0 Å². The lowest BCUT2D eigenvalue weighted by Gasteiger charge is -2.18. The van der Waals surface area contributed by atoms with E-state index in [4.69, 9.17) is 11.5 Å². The van der Waals surface area contributed by atoms with E-state index in [-0.39, 0.29) is 22.5 Å². The summed E-state index contributed by atoms with van der Waals surface area (Å²) in [5, 5.41) is 10.7. The molecule has 2 aromatic carbocycles. The van der Waals surface area contributed by atoms with E-state index in [9.17, 15) is 25.9 Å². The average Bonchev–Trinajstić information content (AvgIpc) is 2.68. The van der Waals surface area contributed by atoms with Crippen LogP contribution in [0.1, 0.15) is 11.1 Å². The van der Waals surface area contributed by atoms with Gasteiger partial charge in [0.1, 0.15) is 9.79 Å². The topological polar surface area (TPSA) is 199 Å². The van der Waals surface area contributed by atoms with Crippen LogP contribution in [0.15, 0.2) is 52.4 Å². The average molecular weight is 449 g/mol. The Balaban J connectivity index is 2.53. The molecule has 156 valence electrons. The zero-order valence-electron chi connectivity index (χ0n) is 15.0. The predicted molar refractivity (Wildman–Crippen MR) is 109 cm³/mol. The third kappa shape index (κ3) is 4.13. The van der Waals surface area contributed by atoms with E-state index < -0.39 is 35.7 Å². The van der Waals surface area contributed by atoms with Crippen molar-refractivity contribution in [2.75, 3.05) is 11.5 Å². The number of hydrogen-bond donors (Lipinski definition) is 4. The quantitative estimate of drug-likeness (QED) is 0.249. The smallest absolute Gasteiger partial charge is 0.298 e. The van der Waals surface area contributed by atoms with Crippen LogP contribution in [0, 0.1) is 0 Å². The highest BCUT2D eigenvalue weighted by atomic mass is 32.2. The first-order chi connectivity index (χ1) is 14.0. The molecule has 3 aromatic rings. The Morgan fingerprint density at radius 2 is 1.47 bits per heavy atom. The Morgan fingerprint density at radius 1 is 0.833 bits per heavy atom. The molecule has 0 aliphatic rings. The van der Waals surface area contributed by atoms with E-state index in [1.54, 1.807) is 30.3 Å². The summed E-state index contributed by atoms with van der Waals surface area (Å²) in [7, 11) is -10.4. The van der Waals surface area contributed by atoms with Gasteiger partial charge < -0.3 is 11.5 Å². The van der Waals surface area contributed by atoms with Crippen molar-refractivity contribution in [2.24, 2.45) is 0 Å². The second-order valence-corrected chi connectivity index (χ2v) is 8.69. The SMILES string of the molecule is Nc1c(N)c(S(=O)(=O)O)c(S(=O)(=O)O)c(C=Cc2ccccc2)c1-c1ccnnn1. The van der Waals surface area contributed by atoms with Gasteiger partial charge in [0.05, 0.1) is 23.3 Å². The Kier molecular flexibility index (Phi) is 5.54. The molecule has 13 heteroatoms. The minimum atomic E-state index is -5.21. The van der Waals surface area contributed by atoms with Gasteiger partial charge >= 0.3 is 0 Å².